The van der Waals surface area contributed by atoms with Gasteiger partial charge in [-0.1, -0.05) is 36.5 Å². The van der Waals surface area contributed by atoms with Crippen LogP contribution in [-0.4, -0.2) is 20.5 Å². The van der Waals surface area contributed by atoms with Crippen LogP contribution in [0.4, 0.5) is 5.69 Å². The van der Waals surface area contributed by atoms with Gasteiger partial charge in [0.2, 0.25) is 0 Å². The molecule has 2 rings (SSSR count). The molecule has 0 saturated carbocycles. The highest BCUT2D eigenvalue weighted by atomic mass is 32.2. The average Bonchev–Trinajstić information content (AvgIpc) is 2.47. The van der Waals surface area contributed by atoms with E-state index < -0.39 is 10.0 Å². The van der Waals surface area contributed by atoms with E-state index in [0.29, 0.717) is 17.0 Å². The number of anilines is 1. The number of nitrogens with one attached hydrogen (secondary N) is 1. The number of thiocarbonyl (C=S) groups is 1. The molecule has 0 heterocycles. The number of benzene rings is 2. The highest BCUT2D eigenvalue weighted by molar-refractivity contribution is 7.92. The molecule has 0 saturated heterocycles. The van der Waals surface area contributed by atoms with Crippen molar-refractivity contribution in [1.29, 1.82) is 0 Å². The molecule has 110 valence electrons. The van der Waals surface area contributed by atoms with Crippen molar-refractivity contribution < 1.29 is 13.2 Å². The summed E-state index contributed by atoms with van der Waals surface area (Å²) in [5.41, 5.74) is 6.47. The van der Waals surface area contributed by atoms with E-state index in [0.717, 1.165) is 0 Å². The summed E-state index contributed by atoms with van der Waals surface area (Å²) in [5, 5.41) is 0. The number of rotatable bonds is 5. The summed E-state index contributed by atoms with van der Waals surface area (Å²) in [6, 6.07) is 12.8. The highest BCUT2D eigenvalue weighted by Crippen LogP contribution is 2.26. The molecule has 0 fully saturated rings. The van der Waals surface area contributed by atoms with Crippen LogP contribution in [0, 0.1) is 0 Å². The molecule has 0 aliphatic rings. The predicted molar refractivity (Wildman–Crippen MR) is 86.1 cm³/mol. The van der Waals surface area contributed by atoms with Gasteiger partial charge in [0.25, 0.3) is 10.0 Å². The molecule has 7 heteroatoms. The standard InChI is InChI=1S/C14H14N2O3S2/c1-19-13-5-3-2-4-12(13)16-21(17,18)11-8-6-10(7-9-11)14(15)20/h2-9,16H,1H3,(H2,15,20). The summed E-state index contributed by atoms with van der Waals surface area (Å²) in [5.74, 6) is 0.445. The monoisotopic (exact) mass is 322 g/mol. The maximum absolute atomic E-state index is 12.3. The summed E-state index contributed by atoms with van der Waals surface area (Å²) < 4.78 is 32.2. The lowest BCUT2D eigenvalue weighted by atomic mass is 10.2. The van der Waals surface area contributed by atoms with Crippen molar-refractivity contribution >= 4 is 32.9 Å². The molecule has 0 radical (unpaired) electrons. The largest absolute Gasteiger partial charge is 0.495 e. The van der Waals surface area contributed by atoms with Gasteiger partial charge in [0.05, 0.1) is 17.7 Å². The van der Waals surface area contributed by atoms with Crippen molar-refractivity contribution in [3.05, 3.63) is 54.1 Å². The Labute approximate surface area is 128 Å². The Morgan fingerprint density at radius 2 is 1.76 bits per heavy atom. The molecule has 5 nitrogen and oxygen atoms in total. The fraction of sp³-hybridized carbons (Fsp3) is 0.0714. The van der Waals surface area contributed by atoms with Crippen LogP contribution < -0.4 is 15.2 Å². The molecule has 0 aliphatic heterocycles. The van der Waals surface area contributed by atoms with Gasteiger partial charge in [-0.25, -0.2) is 8.42 Å². The van der Waals surface area contributed by atoms with Gasteiger partial charge in [-0.3, -0.25) is 4.72 Å². The second kappa shape index (κ2) is 6.11. The fourth-order valence-corrected chi connectivity index (χ4v) is 2.94. The lowest BCUT2D eigenvalue weighted by Crippen LogP contribution is -2.14. The van der Waals surface area contributed by atoms with E-state index in [1.165, 1.54) is 19.2 Å². The molecule has 3 N–H and O–H groups in total. The van der Waals surface area contributed by atoms with Crippen molar-refractivity contribution in [2.24, 2.45) is 5.73 Å². The third kappa shape index (κ3) is 3.50. The molecule has 0 bridgehead atoms. The first-order valence-electron chi connectivity index (χ1n) is 6.00. The minimum atomic E-state index is -3.70. The molecular weight excluding hydrogens is 308 g/mol. The van der Waals surface area contributed by atoms with Crippen LogP contribution >= 0.6 is 12.2 Å². The van der Waals surface area contributed by atoms with Crippen molar-refractivity contribution in [3.8, 4) is 5.75 Å². The highest BCUT2D eigenvalue weighted by Gasteiger charge is 2.16. The van der Waals surface area contributed by atoms with Crippen LogP contribution in [0.3, 0.4) is 0 Å². The predicted octanol–water partition coefficient (Wildman–Crippen LogP) is 2.13. The van der Waals surface area contributed by atoms with Crippen LogP contribution in [0.1, 0.15) is 5.56 Å². The van der Waals surface area contributed by atoms with E-state index in [9.17, 15) is 8.42 Å². The van der Waals surface area contributed by atoms with E-state index in [1.54, 1.807) is 36.4 Å². The van der Waals surface area contributed by atoms with E-state index in [-0.39, 0.29) is 9.88 Å². The third-order valence-electron chi connectivity index (χ3n) is 2.80. The first kappa shape index (κ1) is 15.3. The fourth-order valence-electron chi connectivity index (χ4n) is 1.73. The van der Waals surface area contributed by atoms with Gasteiger partial charge in [0, 0.05) is 5.56 Å². The molecule has 0 spiro atoms. The van der Waals surface area contributed by atoms with E-state index >= 15 is 0 Å². The van der Waals surface area contributed by atoms with Crippen LogP contribution in [0.2, 0.25) is 0 Å². The van der Waals surface area contributed by atoms with Crippen molar-refractivity contribution in [2.75, 3.05) is 11.8 Å². The summed E-state index contributed by atoms with van der Waals surface area (Å²) in [7, 11) is -2.23. The van der Waals surface area contributed by atoms with Crippen LogP contribution in [0.5, 0.6) is 5.75 Å². The molecule has 0 aromatic heterocycles. The van der Waals surface area contributed by atoms with Gasteiger partial charge < -0.3 is 10.5 Å². The maximum atomic E-state index is 12.3. The molecule has 0 amide bonds. The lowest BCUT2D eigenvalue weighted by Gasteiger charge is -2.11. The first-order valence-corrected chi connectivity index (χ1v) is 7.89. The Morgan fingerprint density at radius 1 is 1.14 bits per heavy atom. The number of ether oxygens (including phenoxy) is 1. The second-order valence-electron chi connectivity index (χ2n) is 4.19. The molecule has 2 aromatic carbocycles. The first-order chi connectivity index (χ1) is 9.94. The number of sulfonamides is 1. The maximum Gasteiger partial charge on any atom is 0.262 e. The van der Waals surface area contributed by atoms with Gasteiger partial charge in [-0.05, 0) is 24.3 Å². The SMILES string of the molecule is COc1ccccc1NS(=O)(=O)c1ccc(C(N)=S)cc1. The van der Waals surface area contributed by atoms with Gasteiger partial charge in [0.15, 0.2) is 0 Å². The molecular formula is C14H14N2O3S2. The minimum absolute atomic E-state index is 0.119. The summed E-state index contributed by atoms with van der Waals surface area (Å²) in [4.78, 5) is 0.338. The number of hydrogen-bond donors (Lipinski definition) is 2. The Morgan fingerprint density at radius 3 is 2.33 bits per heavy atom. The molecule has 2 aromatic rings. The summed E-state index contributed by atoms with van der Waals surface area (Å²) in [6.07, 6.45) is 0. The lowest BCUT2D eigenvalue weighted by molar-refractivity contribution is 0.417. The van der Waals surface area contributed by atoms with Gasteiger partial charge in [0.1, 0.15) is 10.7 Å². The zero-order valence-corrected chi connectivity index (χ0v) is 12.9. The molecule has 0 atom stereocenters. The topological polar surface area (TPSA) is 81.4 Å². The van der Waals surface area contributed by atoms with E-state index in [4.69, 9.17) is 22.7 Å². The Hall–Kier alpha value is -2.12. The van der Waals surface area contributed by atoms with Crippen LogP contribution in [0.15, 0.2) is 53.4 Å². The normalized spacial score (nSPS) is 10.9. The van der Waals surface area contributed by atoms with Gasteiger partial charge in [-0.2, -0.15) is 0 Å². The Kier molecular flexibility index (Phi) is 4.44. The Balaban J connectivity index is 2.32. The molecule has 21 heavy (non-hydrogen) atoms. The molecule has 0 unspecified atom stereocenters. The Bertz CT molecular complexity index is 756. The van der Waals surface area contributed by atoms with Crippen LogP contribution in [-0.2, 0) is 10.0 Å². The summed E-state index contributed by atoms with van der Waals surface area (Å²) in [6.45, 7) is 0. The average molecular weight is 322 g/mol. The number of para-hydroxylation sites is 2. The van der Waals surface area contributed by atoms with Crippen molar-refractivity contribution in [1.82, 2.24) is 0 Å². The van der Waals surface area contributed by atoms with Gasteiger partial charge >= 0.3 is 0 Å². The van der Waals surface area contributed by atoms with Crippen molar-refractivity contribution in [3.63, 3.8) is 0 Å². The number of hydrogen-bond acceptors (Lipinski definition) is 4. The smallest absolute Gasteiger partial charge is 0.262 e. The number of nitrogens with two attached hydrogens (primary N) is 1. The third-order valence-corrected chi connectivity index (χ3v) is 4.42. The van der Waals surface area contributed by atoms with Crippen molar-refractivity contribution in [2.45, 2.75) is 4.90 Å². The minimum Gasteiger partial charge on any atom is -0.495 e. The zero-order valence-electron chi connectivity index (χ0n) is 11.2. The van der Waals surface area contributed by atoms with E-state index in [2.05, 4.69) is 4.72 Å². The van der Waals surface area contributed by atoms with E-state index in [1.807, 2.05) is 0 Å². The molecule has 0 aliphatic carbocycles. The van der Waals surface area contributed by atoms with Gasteiger partial charge in [-0.15, -0.1) is 0 Å². The quantitative estimate of drug-likeness (QED) is 0.824. The zero-order chi connectivity index (χ0) is 15.5. The second-order valence-corrected chi connectivity index (χ2v) is 6.32. The summed E-state index contributed by atoms with van der Waals surface area (Å²) >= 11 is 4.83. The van der Waals surface area contributed by atoms with Crippen LogP contribution in [0.25, 0.3) is 0 Å². The number of methoxy groups -OCH3 is 1.